The maximum Gasteiger partial charge on any atom is 0.277 e. The number of nitrogens with one attached hydrogen (secondary N) is 1. The number of piperidine rings is 1. The van der Waals surface area contributed by atoms with Crippen molar-refractivity contribution in [2.45, 2.75) is 19.3 Å². The number of hydrogen-bond donors (Lipinski definition) is 2. The van der Waals surface area contributed by atoms with Crippen molar-refractivity contribution in [1.82, 2.24) is 4.90 Å². The van der Waals surface area contributed by atoms with Crippen LogP contribution in [0.2, 0.25) is 0 Å². The SMILES string of the molecule is O=C(C[NH+]1CCCCC1)N1CCN(c2ccc(O)cc2)CC1. The number of phenolic OH excluding ortho intramolecular Hbond substituents is 1. The second-order valence-electron chi connectivity index (χ2n) is 6.37. The molecule has 2 N–H and O–H groups in total. The number of piperazine rings is 1. The summed E-state index contributed by atoms with van der Waals surface area (Å²) in [6.45, 7) is 6.30. The fourth-order valence-electron chi connectivity index (χ4n) is 3.43. The Bertz CT molecular complexity index is 489. The normalized spacial score (nSPS) is 20.2. The molecule has 0 spiro atoms. The van der Waals surface area contributed by atoms with E-state index < -0.39 is 0 Å². The van der Waals surface area contributed by atoms with Crippen molar-refractivity contribution in [3.8, 4) is 5.75 Å². The predicted molar refractivity (Wildman–Crippen MR) is 86.3 cm³/mol. The molecule has 0 radical (unpaired) electrons. The van der Waals surface area contributed by atoms with Crippen LogP contribution >= 0.6 is 0 Å². The topological polar surface area (TPSA) is 48.2 Å². The Labute approximate surface area is 132 Å². The van der Waals surface area contributed by atoms with Crippen LogP contribution in [0, 0.1) is 0 Å². The van der Waals surface area contributed by atoms with Crippen molar-refractivity contribution >= 4 is 11.6 Å². The molecule has 0 aromatic heterocycles. The Kier molecular flexibility index (Phi) is 4.83. The lowest BCUT2D eigenvalue weighted by Gasteiger charge is -2.36. The van der Waals surface area contributed by atoms with Crippen LogP contribution in [0.1, 0.15) is 19.3 Å². The van der Waals surface area contributed by atoms with Gasteiger partial charge in [-0.15, -0.1) is 0 Å². The highest BCUT2D eigenvalue weighted by Crippen LogP contribution is 2.19. The fourth-order valence-corrected chi connectivity index (χ4v) is 3.43. The molecule has 0 saturated carbocycles. The van der Waals surface area contributed by atoms with E-state index in [0.29, 0.717) is 18.2 Å². The van der Waals surface area contributed by atoms with Gasteiger partial charge in [0.15, 0.2) is 6.54 Å². The van der Waals surface area contributed by atoms with E-state index in [1.165, 1.54) is 24.2 Å². The van der Waals surface area contributed by atoms with Crippen LogP contribution in [0.15, 0.2) is 24.3 Å². The van der Waals surface area contributed by atoms with Gasteiger partial charge in [0.25, 0.3) is 5.91 Å². The maximum absolute atomic E-state index is 12.4. The van der Waals surface area contributed by atoms with Crippen LogP contribution in [0.3, 0.4) is 0 Å². The smallest absolute Gasteiger partial charge is 0.277 e. The highest BCUT2D eigenvalue weighted by atomic mass is 16.3. The molecule has 3 rings (SSSR count). The summed E-state index contributed by atoms with van der Waals surface area (Å²) in [6, 6.07) is 7.30. The summed E-state index contributed by atoms with van der Waals surface area (Å²) in [5.74, 6) is 0.601. The number of carbonyl (C=O) groups is 1. The van der Waals surface area contributed by atoms with Gasteiger partial charge in [0.1, 0.15) is 5.75 Å². The van der Waals surface area contributed by atoms with Crippen LogP contribution < -0.4 is 9.80 Å². The van der Waals surface area contributed by atoms with Crippen LogP contribution in [0.4, 0.5) is 5.69 Å². The Morgan fingerprint density at radius 2 is 1.64 bits per heavy atom. The number of nitrogens with zero attached hydrogens (tertiary/aromatic N) is 2. The largest absolute Gasteiger partial charge is 0.508 e. The number of amides is 1. The van der Waals surface area contributed by atoms with Crippen molar-refractivity contribution in [3.63, 3.8) is 0 Å². The molecule has 2 saturated heterocycles. The minimum Gasteiger partial charge on any atom is -0.508 e. The van der Waals surface area contributed by atoms with Crippen LogP contribution in [-0.4, -0.2) is 61.7 Å². The van der Waals surface area contributed by atoms with Gasteiger partial charge in [0, 0.05) is 31.9 Å². The minimum absolute atomic E-state index is 0.294. The molecule has 0 aliphatic carbocycles. The molecule has 5 heteroatoms. The highest BCUT2D eigenvalue weighted by molar-refractivity contribution is 5.77. The van der Waals surface area contributed by atoms with Gasteiger partial charge < -0.3 is 19.8 Å². The molecule has 5 nitrogen and oxygen atoms in total. The summed E-state index contributed by atoms with van der Waals surface area (Å²) < 4.78 is 0. The van der Waals surface area contributed by atoms with E-state index >= 15 is 0 Å². The third kappa shape index (κ3) is 3.71. The average Bonchev–Trinajstić information content (AvgIpc) is 2.57. The van der Waals surface area contributed by atoms with Crippen molar-refractivity contribution in [2.24, 2.45) is 0 Å². The summed E-state index contributed by atoms with van der Waals surface area (Å²) in [7, 11) is 0. The van der Waals surface area contributed by atoms with Crippen LogP contribution in [0.25, 0.3) is 0 Å². The van der Waals surface area contributed by atoms with E-state index in [9.17, 15) is 9.90 Å². The van der Waals surface area contributed by atoms with Crippen molar-refractivity contribution in [1.29, 1.82) is 0 Å². The van der Waals surface area contributed by atoms with E-state index in [1.807, 2.05) is 17.0 Å². The zero-order chi connectivity index (χ0) is 15.4. The van der Waals surface area contributed by atoms with Gasteiger partial charge in [-0.1, -0.05) is 0 Å². The van der Waals surface area contributed by atoms with Gasteiger partial charge in [0.05, 0.1) is 13.1 Å². The maximum atomic E-state index is 12.4. The van der Waals surface area contributed by atoms with E-state index in [4.69, 9.17) is 0 Å². The quantitative estimate of drug-likeness (QED) is 0.833. The minimum atomic E-state index is 0.294. The van der Waals surface area contributed by atoms with Crippen LogP contribution in [-0.2, 0) is 4.79 Å². The molecule has 2 fully saturated rings. The van der Waals surface area contributed by atoms with E-state index in [-0.39, 0.29) is 0 Å². The number of quaternary nitrogens is 1. The number of anilines is 1. The van der Waals surface area contributed by atoms with Gasteiger partial charge in [0.2, 0.25) is 0 Å². The van der Waals surface area contributed by atoms with Gasteiger partial charge in [-0.05, 0) is 43.5 Å². The molecule has 2 heterocycles. The summed E-state index contributed by atoms with van der Waals surface area (Å²) in [4.78, 5) is 18.2. The summed E-state index contributed by atoms with van der Waals surface area (Å²) in [5, 5.41) is 9.35. The lowest BCUT2D eigenvalue weighted by atomic mass is 10.1. The fraction of sp³-hybridized carbons (Fsp3) is 0.588. The van der Waals surface area contributed by atoms with Crippen molar-refractivity contribution in [3.05, 3.63) is 24.3 Å². The Morgan fingerprint density at radius 1 is 1.00 bits per heavy atom. The molecule has 120 valence electrons. The zero-order valence-corrected chi connectivity index (χ0v) is 13.1. The van der Waals surface area contributed by atoms with E-state index in [0.717, 1.165) is 45.0 Å². The zero-order valence-electron chi connectivity index (χ0n) is 13.1. The molecule has 1 amide bonds. The monoisotopic (exact) mass is 304 g/mol. The number of hydrogen-bond acceptors (Lipinski definition) is 3. The first-order chi connectivity index (χ1) is 10.7. The Balaban J connectivity index is 1.48. The second kappa shape index (κ2) is 7.01. The first kappa shape index (κ1) is 15.2. The van der Waals surface area contributed by atoms with Gasteiger partial charge in [-0.2, -0.15) is 0 Å². The molecule has 1 aromatic rings. The Hall–Kier alpha value is -1.75. The van der Waals surface area contributed by atoms with Gasteiger partial charge >= 0.3 is 0 Å². The van der Waals surface area contributed by atoms with Crippen LogP contribution in [0.5, 0.6) is 5.75 Å². The highest BCUT2D eigenvalue weighted by Gasteiger charge is 2.25. The molecule has 2 aliphatic heterocycles. The second-order valence-corrected chi connectivity index (χ2v) is 6.37. The molecular formula is C17H26N3O2+. The Morgan fingerprint density at radius 3 is 2.27 bits per heavy atom. The molecule has 0 bridgehead atoms. The summed E-state index contributed by atoms with van der Waals surface area (Å²) >= 11 is 0. The third-order valence-electron chi connectivity index (χ3n) is 4.81. The number of benzene rings is 1. The lowest BCUT2D eigenvalue weighted by Crippen LogP contribution is -3.13. The third-order valence-corrected chi connectivity index (χ3v) is 4.81. The molecule has 0 atom stereocenters. The molecular weight excluding hydrogens is 278 g/mol. The van der Waals surface area contributed by atoms with E-state index in [1.54, 1.807) is 12.1 Å². The number of phenols is 1. The summed E-state index contributed by atoms with van der Waals surface area (Å²) in [6.07, 6.45) is 3.84. The van der Waals surface area contributed by atoms with Gasteiger partial charge in [-0.3, -0.25) is 4.79 Å². The average molecular weight is 304 g/mol. The summed E-state index contributed by atoms with van der Waals surface area (Å²) in [5.41, 5.74) is 1.12. The lowest BCUT2D eigenvalue weighted by molar-refractivity contribution is -0.897. The predicted octanol–water partition coefficient (Wildman–Crippen LogP) is 0.110. The standard InChI is InChI=1S/C17H25N3O2/c21-16-6-4-15(5-7-16)19-10-12-20(13-11-19)17(22)14-18-8-2-1-3-9-18/h4-7,21H,1-3,8-14H2/p+1. The first-order valence-corrected chi connectivity index (χ1v) is 8.38. The molecule has 0 unspecified atom stereocenters. The molecule has 1 aromatic carbocycles. The van der Waals surface area contributed by atoms with E-state index in [2.05, 4.69) is 4.90 Å². The number of likely N-dealkylation sites (tertiary alicyclic amines) is 1. The molecule has 2 aliphatic rings. The van der Waals surface area contributed by atoms with Crippen molar-refractivity contribution in [2.75, 3.05) is 50.7 Å². The molecule has 22 heavy (non-hydrogen) atoms. The first-order valence-electron chi connectivity index (χ1n) is 8.38. The number of aromatic hydroxyl groups is 1. The number of rotatable bonds is 3. The number of carbonyl (C=O) groups excluding carboxylic acids is 1. The van der Waals surface area contributed by atoms with Gasteiger partial charge in [-0.25, -0.2) is 0 Å². The van der Waals surface area contributed by atoms with Crippen molar-refractivity contribution < 1.29 is 14.8 Å².